The van der Waals surface area contributed by atoms with Crippen LogP contribution in [-0.4, -0.2) is 39.8 Å². The highest BCUT2D eigenvalue weighted by Gasteiger charge is 2.31. The summed E-state index contributed by atoms with van der Waals surface area (Å²) in [7, 11) is 0. The Morgan fingerprint density at radius 2 is 1.74 bits per heavy atom. The highest BCUT2D eigenvalue weighted by molar-refractivity contribution is 5.96. The molecule has 0 spiro atoms. The predicted octanol–water partition coefficient (Wildman–Crippen LogP) is 6.70. The first kappa shape index (κ1) is 28.9. The molecule has 8 nitrogen and oxygen atoms in total. The number of carbonyl (C=O) groups excluding carboxylic acids is 2. The van der Waals surface area contributed by atoms with Crippen LogP contribution in [0.25, 0.3) is 16.9 Å². The maximum absolute atomic E-state index is 13.9. The lowest BCUT2D eigenvalue weighted by Crippen LogP contribution is -2.36. The van der Waals surface area contributed by atoms with E-state index in [1.807, 2.05) is 70.2 Å². The first-order valence-electron chi connectivity index (χ1n) is 14.5. The van der Waals surface area contributed by atoms with Crippen molar-refractivity contribution >= 4 is 17.6 Å². The van der Waals surface area contributed by atoms with Crippen molar-refractivity contribution in [1.82, 2.24) is 14.7 Å². The smallest absolute Gasteiger partial charge is 0.316 e. The minimum absolute atomic E-state index is 0.0292. The molecule has 0 saturated heterocycles. The fourth-order valence-electron chi connectivity index (χ4n) is 5.50. The third kappa shape index (κ3) is 5.88. The van der Waals surface area contributed by atoms with Crippen LogP contribution in [0.5, 0.6) is 5.75 Å². The molecule has 0 fully saturated rings. The first-order chi connectivity index (χ1) is 20.1. The van der Waals surface area contributed by atoms with E-state index >= 15 is 0 Å². The second-order valence-corrected chi connectivity index (χ2v) is 11.6. The van der Waals surface area contributed by atoms with Gasteiger partial charge in [0.25, 0.3) is 5.91 Å². The molecule has 4 aromatic rings. The molecule has 3 N–H and O–H groups in total. The average Bonchev–Trinajstić information content (AvgIpc) is 3.34. The molecule has 0 saturated carbocycles. The van der Waals surface area contributed by atoms with E-state index in [0.29, 0.717) is 37.7 Å². The number of aryl methyl sites for hydroxylation is 1. The van der Waals surface area contributed by atoms with Gasteiger partial charge >= 0.3 is 6.03 Å². The minimum atomic E-state index is -0.618. The van der Waals surface area contributed by atoms with Crippen LogP contribution >= 0.6 is 0 Å². The van der Waals surface area contributed by atoms with Crippen LogP contribution in [0.1, 0.15) is 66.4 Å². The van der Waals surface area contributed by atoms with Crippen LogP contribution in [0.3, 0.4) is 0 Å². The van der Waals surface area contributed by atoms with Gasteiger partial charge in [-0.05, 0) is 54.2 Å². The van der Waals surface area contributed by atoms with E-state index < -0.39 is 6.03 Å². The zero-order valence-electron chi connectivity index (χ0n) is 25.0. The molecule has 8 heteroatoms. The molecule has 0 atom stereocenters. The van der Waals surface area contributed by atoms with Crippen molar-refractivity contribution in [2.45, 2.75) is 53.5 Å². The Balaban J connectivity index is 1.62. The number of ether oxygens (including phenoxy) is 1. The van der Waals surface area contributed by atoms with Crippen LogP contribution in [-0.2, 0) is 13.0 Å². The summed E-state index contributed by atoms with van der Waals surface area (Å²) in [5, 5.41) is 7.77. The number of carbonyl (C=O) groups is 2. The molecule has 0 aliphatic carbocycles. The van der Waals surface area contributed by atoms with Crippen LogP contribution in [0.2, 0.25) is 0 Å². The summed E-state index contributed by atoms with van der Waals surface area (Å²) in [5.41, 5.74) is 13.4. The maximum atomic E-state index is 13.9. The zero-order valence-corrected chi connectivity index (χ0v) is 25.0. The topological polar surface area (TPSA) is 102 Å². The normalized spacial score (nSPS) is 12.9. The fourth-order valence-corrected chi connectivity index (χ4v) is 5.50. The zero-order chi connectivity index (χ0) is 30.0. The lowest BCUT2D eigenvalue weighted by Gasteiger charge is -2.28. The van der Waals surface area contributed by atoms with E-state index in [4.69, 9.17) is 15.6 Å². The summed E-state index contributed by atoms with van der Waals surface area (Å²) < 4.78 is 8.26. The monoisotopic (exact) mass is 565 g/mol. The summed E-state index contributed by atoms with van der Waals surface area (Å²) in [6.07, 6.45) is 0.639. The Morgan fingerprint density at radius 1 is 1.00 bits per heavy atom. The van der Waals surface area contributed by atoms with Crippen molar-refractivity contribution in [2.24, 2.45) is 11.7 Å². The molecule has 0 radical (unpaired) electrons. The number of rotatable bonds is 8. The Hall–Kier alpha value is -4.59. The number of hydrogen-bond donors (Lipinski definition) is 2. The number of para-hydroxylation sites is 1. The number of benzene rings is 3. The summed E-state index contributed by atoms with van der Waals surface area (Å²) in [4.78, 5) is 27.2. The van der Waals surface area contributed by atoms with E-state index in [1.54, 1.807) is 0 Å². The number of fused-ring (bicyclic) bond motifs is 1. The number of hydrogen-bond acceptors (Lipinski definition) is 4. The quantitative estimate of drug-likeness (QED) is 0.248. The number of amides is 3. The Kier molecular flexibility index (Phi) is 8.34. The number of nitrogens with zero attached hydrogens (tertiary/aromatic N) is 3. The van der Waals surface area contributed by atoms with Gasteiger partial charge in [0.05, 0.1) is 18.0 Å². The summed E-state index contributed by atoms with van der Waals surface area (Å²) in [5.74, 6) is 1.39. The molecule has 3 aromatic carbocycles. The van der Waals surface area contributed by atoms with Gasteiger partial charge in [-0.1, -0.05) is 70.2 Å². The number of primary amides is 1. The van der Waals surface area contributed by atoms with Crippen molar-refractivity contribution in [3.63, 3.8) is 0 Å². The van der Waals surface area contributed by atoms with E-state index in [1.165, 1.54) is 0 Å². The van der Waals surface area contributed by atoms with Gasteiger partial charge in [-0.15, -0.1) is 0 Å². The molecule has 0 bridgehead atoms. The lowest BCUT2D eigenvalue weighted by molar-refractivity contribution is 0.0733. The van der Waals surface area contributed by atoms with Gasteiger partial charge in [0.15, 0.2) is 0 Å². The first-order valence-corrected chi connectivity index (χ1v) is 14.5. The molecule has 3 amide bonds. The molecule has 0 unspecified atom stereocenters. The molecule has 1 aliphatic heterocycles. The lowest BCUT2D eigenvalue weighted by atomic mass is 9.95. The summed E-state index contributed by atoms with van der Waals surface area (Å²) in [6.45, 7) is 12.1. The van der Waals surface area contributed by atoms with E-state index in [2.05, 4.69) is 46.0 Å². The van der Waals surface area contributed by atoms with Crippen molar-refractivity contribution in [3.05, 3.63) is 94.7 Å². The number of urea groups is 1. The Labute approximate surface area is 247 Å². The Morgan fingerprint density at radius 3 is 2.43 bits per heavy atom. The average molecular weight is 566 g/mol. The number of aromatic nitrogens is 2. The fraction of sp³-hybridized carbons (Fsp3) is 0.324. The van der Waals surface area contributed by atoms with Crippen molar-refractivity contribution in [3.8, 4) is 22.7 Å². The third-order valence-corrected chi connectivity index (χ3v) is 7.55. The molecular formula is C34H39N5O3. The molecule has 218 valence electrons. The minimum Gasteiger partial charge on any atom is -0.491 e. The van der Waals surface area contributed by atoms with E-state index in [9.17, 15) is 9.59 Å². The summed E-state index contributed by atoms with van der Waals surface area (Å²) in [6, 6.07) is 20.8. The van der Waals surface area contributed by atoms with Crippen molar-refractivity contribution < 1.29 is 14.3 Å². The molecule has 2 heterocycles. The standard InChI is InChI=1S/C34H39N5O3/c1-21(2)20-42-30-12-8-9-23(5)31(30)39-32(24-13-15-25(16-14-24)36-34(35)41)28-19-38(18-17-29(28)37-39)33(40)27-11-7-6-10-26(27)22(3)4/h6-16,21-22H,17-20H2,1-5H3,(H3,35,36,41). The molecule has 1 aromatic heterocycles. The van der Waals surface area contributed by atoms with Crippen molar-refractivity contribution in [1.29, 1.82) is 0 Å². The largest absolute Gasteiger partial charge is 0.491 e. The SMILES string of the molecule is Cc1cccc(OCC(C)C)c1-n1nc2c(c1-c1ccc(NC(N)=O)cc1)CN(C(=O)c1ccccc1C(C)C)CC2. The molecule has 42 heavy (non-hydrogen) atoms. The number of nitrogens with one attached hydrogen (secondary N) is 1. The Bertz CT molecular complexity index is 1600. The van der Waals surface area contributed by atoms with Gasteiger partial charge in [-0.2, -0.15) is 5.10 Å². The predicted molar refractivity (Wildman–Crippen MR) is 166 cm³/mol. The number of anilines is 1. The van der Waals surface area contributed by atoms with Gasteiger partial charge < -0.3 is 20.7 Å². The van der Waals surface area contributed by atoms with Crippen LogP contribution in [0.4, 0.5) is 10.5 Å². The van der Waals surface area contributed by atoms with Gasteiger partial charge in [0.2, 0.25) is 0 Å². The van der Waals surface area contributed by atoms with Crippen LogP contribution in [0, 0.1) is 12.8 Å². The highest BCUT2D eigenvalue weighted by Crippen LogP contribution is 2.37. The van der Waals surface area contributed by atoms with Gasteiger partial charge in [0, 0.05) is 41.9 Å². The van der Waals surface area contributed by atoms with Crippen LogP contribution in [0.15, 0.2) is 66.7 Å². The van der Waals surface area contributed by atoms with E-state index in [0.717, 1.165) is 50.6 Å². The molecular weight excluding hydrogens is 526 g/mol. The highest BCUT2D eigenvalue weighted by atomic mass is 16.5. The van der Waals surface area contributed by atoms with Gasteiger partial charge in [0.1, 0.15) is 11.4 Å². The van der Waals surface area contributed by atoms with Gasteiger partial charge in [-0.3, -0.25) is 4.79 Å². The second kappa shape index (κ2) is 12.1. The van der Waals surface area contributed by atoms with Crippen LogP contribution < -0.4 is 15.8 Å². The number of nitrogens with two attached hydrogens (primary N) is 1. The van der Waals surface area contributed by atoms with Gasteiger partial charge in [-0.25, -0.2) is 9.48 Å². The van der Waals surface area contributed by atoms with Crippen molar-refractivity contribution in [2.75, 3.05) is 18.5 Å². The summed E-state index contributed by atoms with van der Waals surface area (Å²) >= 11 is 0. The molecule has 5 rings (SSSR count). The maximum Gasteiger partial charge on any atom is 0.316 e. The second-order valence-electron chi connectivity index (χ2n) is 11.6. The van der Waals surface area contributed by atoms with E-state index in [-0.39, 0.29) is 11.8 Å². The molecule has 1 aliphatic rings. The third-order valence-electron chi connectivity index (χ3n) is 7.55.